The number of rotatable bonds is 6. The number of halogens is 2. The Morgan fingerprint density at radius 3 is 2.37 bits per heavy atom. The predicted molar refractivity (Wildman–Crippen MR) is 102 cm³/mol. The van der Waals surface area contributed by atoms with Gasteiger partial charge < -0.3 is 10.2 Å². The SMILES string of the molecule is O=S(=O)(c1ccccc1NCc1ccc(N2CCCCCC2)nc1)C(F)F. The minimum atomic E-state index is -4.65. The largest absolute Gasteiger partial charge is 0.380 e. The van der Waals surface area contributed by atoms with Crippen molar-refractivity contribution in [2.45, 2.75) is 42.9 Å². The number of hydrogen-bond acceptors (Lipinski definition) is 5. The van der Waals surface area contributed by atoms with Crippen LogP contribution >= 0.6 is 0 Å². The quantitative estimate of drug-likeness (QED) is 0.799. The number of para-hydroxylation sites is 1. The molecule has 0 bridgehead atoms. The molecule has 146 valence electrons. The first-order chi connectivity index (χ1) is 13.0. The lowest BCUT2D eigenvalue weighted by Gasteiger charge is -2.21. The van der Waals surface area contributed by atoms with E-state index in [-0.39, 0.29) is 5.69 Å². The fraction of sp³-hybridized carbons (Fsp3) is 0.421. The highest BCUT2D eigenvalue weighted by Gasteiger charge is 2.28. The van der Waals surface area contributed by atoms with Crippen LogP contribution in [0.15, 0.2) is 47.5 Å². The number of pyridine rings is 1. The number of nitrogens with zero attached hydrogens (tertiary/aromatic N) is 2. The fourth-order valence-corrected chi connectivity index (χ4v) is 4.07. The van der Waals surface area contributed by atoms with Crippen molar-refractivity contribution in [2.75, 3.05) is 23.3 Å². The monoisotopic (exact) mass is 395 g/mol. The van der Waals surface area contributed by atoms with Crippen molar-refractivity contribution in [3.63, 3.8) is 0 Å². The first-order valence-electron chi connectivity index (χ1n) is 9.03. The van der Waals surface area contributed by atoms with E-state index < -0.39 is 20.5 Å². The average molecular weight is 395 g/mol. The van der Waals surface area contributed by atoms with Gasteiger partial charge in [0, 0.05) is 25.8 Å². The Labute approximate surface area is 158 Å². The van der Waals surface area contributed by atoms with Crippen molar-refractivity contribution in [1.82, 2.24) is 4.98 Å². The summed E-state index contributed by atoms with van der Waals surface area (Å²) in [7, 11) is -4.65. The van der Waals surface area contributed by atoms with Crippen LogP contribution in [0.1, 0.15) is 31.2 Å². The summed E-state index contributed by atoms with van der Waals surface area (Å²) in [4.78, 5) is 6.38. The molecule has 8 heteroatoms. The van der Waals surface area contributed by atoms with Crippen LogP contribution in [0.2, 0.25) is 0 Å². The van der Waals surface area contributed by atoms with Gasteiger partial charge in [-0.15, -0.1) is 0 Å². The number of nitrogens with one attached hydrogen (secondary N) is 1. The van der Waals surface area contributed by atoms with Gasteiger partial charge in [-0.2, -0.15) is 8.78 Å². The molecule has 0 spiro atoms. The topological polar surface area (TPSA) is 62.3 Å². The number of anilines is 2. The zero-order valence-electron chi connectivity index (χ0n) is 14.9. The molecule has 1 aromatic carbocycles. The van der Waals surface area contributed by atoms with Crippen molar-refractivity contribution >= 4 is 21.3 Å². The van der Waals surface area contributed by atoms with E-state index in [2.05, 4.69) is 15.2 Å². The summed E-state index contributed by atoms with van der Waals surface area (Å²) in [5.41, 5.74) is 1.01. The standard InChI is InChI=1S/C19H23F2N3O2S/c20-19(21)27(25,26)17-8-4-3-7-16(17)22-13-15-9-10-18(23-14-15)24-11-5-1-2-6-12-24/h3-4,7-10,14,19,22H,1-2,5-6,11-13H2. The van der Waals surface area contributed by atoms with E-state index >= 15 is 0 Å². The van der Waals surface area contributed by atoms with Gasteiger partial charge in [-0.05, 0) is 36.6 Å². The van der Waals surface area contributed by atoms with Crippen molar-refractivity contribution < 1.29 is 17.2 Å². The van der Waals surface area contributed by atoms with Gasteiger partial charge in [0.25, 0.3) is 0 Å². The molecule has 2 aromatic rings. The molecule has 0 amide bonds. The second-order valence-corrected chi connectivity index (χ2v) is 8.47. The molecular weight excluding hydrogens is 372 g/mol. The Kier molecular flexibility index (Phi) is 6.26. The Morgan fingerprint density at radius 1 is 1.04 bits per heavy atom. The van der Waals surface area contributed by atoms with Crippen LogP contribution in [0, 0.1) is 0 Å². The van der Waals surface area contributed by atoms with E-state index in [1.54, 1.807) is 12.3 Å². The number of alkyl halides is 2. The third-order valence-electron chi connectivity index (χ3n) is 4.65. The second-order valence-electron chi connectivity index (χ2n) is 6.58. The van der Waals surface area contributed by atoms with Gasteiger partial charge in [-0.1, -0.05) is 31.0 Å². The Morgan fingerprint density at radius 2 is 1.74 bits per heavy atom. The lowest BCUT2D eigenvalue weighted by Crippen LogP contribution is -2.24. The van der Waals surface area contributed by atoms with Crippen LogP contribution in [0.5, 0.6) is 0 Å². The molecule has 1 aromatic heterocycles. The summed E-state index contributed by atoms with van der Waals surface area (Å²) in [6.07, 6.45) is 6.57. The van der Waals surface area contributed by atoms with Gasteiger partial charge in [0.05, 0.1) is 10.6 Å². The highest BCUT2D eigenvalue weighted by Crippen LogP contribution is 2.26. The zero-order chi connectivity index (χ0) is 19.3. The van der Waals surface area contributed by atoms with Crippen molar-refractivity contribution in [3.8, 4) is 0 Å². The Balaban J connectivity index is 1.69. The molecule has 0 unspecified atom stereocenters. The van der Waals surface area contributed by atoms with Crippen LogP contribution in [0.3, 0.4) is 0 Å². The molecule has 0 aliphatic carbocycles. The van der Waals surface area contributed by atoms with E-state index in [1.807, 2.05) is 12.1 Å². The fourth-order valence-electron chi connectivity index (χ4n) is 3.16. The molecule has 27 heavy (non-hydrogen) atoms. The minimum absolute atomic E-state index is 0.161. The maximum Gasteiger partial charge on any atom is 0.341 e. The summed E-state index contributed by atoms with van der Waals surface area (Å²) >= 11 is 0. The molecule has 1 saturated heterocycles. The average Bonchev–Trinajstić information content (AvgIpc) is 2.96. The zero-order valence-corrected chi connectivity index (χ0v) is 15.8. The van der Waals surface area contributed by atoms with Crippen molar-refractivity contribution in [2.24, 2.45) is 0 Å². The van der Waals surface area contributed by atoms with Crippen LogP contribution in [0.25, 0.3) is 0 Å². The van der Waals surface area contributed by atoms with Crippen LogP contribution in [0.4, 0.5) is 20.3 Å². The molecule has 1 fully saturated rings. The normalized spacial score (nSPS) is 15.6. The molecule has 3 rings (SSSR count). The van der Waals surface area contributed by atoms with Gasteiger partial charge in [0.15, 0.2) is 0 Å². The summed E-state index contributed by atoms with van der Waals surface area (Å²) in [6, 6.07) is 9.57. The Bertz CT molecular complexity index is 850. The minimum Gasteiger partial charge on any atom is -0.380 e. The van der Waals surface area contributed by atoms with E-state index in [4.69, 9.17) is 0 Å². The van der Waals surface area contributed by atoms with Gasteiger partial charge in [0.2, 0.25) is 9.84 Å². The second kappa shape index (κ2) is 8.65. The van der Waals surface area contributed by atoms with E-state index in [1.165, 1.54) is 43.9 Å². The summed E-state index contributed by atoms with van der Waals surface area (Å²) in [5.74, 6) is -2.52. The summed E-state index contributed by atoms with van der Waals surface area (Å²) in [5, 5.41) is 2.93. The molecule has 0 atom stereocenters. The molecule has 1 aliphatic rings. The van der Waals surface area contributed by atoms with Crippen LogP contribution in [-0.4, -0.2) is 32.2 Å². The lowest BCUT2D eigenvalue weighted by molar-refractivity contribution is 0.235. The lowest BCUT2D eigenvalue weighted by atomic mass is 10.2. The Hall–Kier alpha value is -2.22. The van der Waals surface area contributed by atoms with E-state index in [0.29, 0.717) is 6.54 Å². The highest BCUT2D eigenvalue weighted by molar-refractivity contribution is 7.91. The molecular formula is C19H23F2N3O2S. The van der Waals surface area contributed by atoms with Crippen LogP contribution in [-0.2, 0) is 16.4 Å². The predicted octanol–water partition coefficient (Wildman–Crippen LogP) is 4.07. The molecule has 1 aliphatic heterocycles. The maximum absolute atomic E-state index is 12.9. The smallest absolute Gasteiger partial charge is 0.341 e. The van der Waals surface area contributed by atoms with Crippen LogP contribution < -0.4 is 10.2 Å². The molecule has 2 heterocycles. The number of hydrogen-bond donors (Lipinski definition) is 1. The molecule has 0 radical (unpaired) electrons. The first kappa shape index (κ1) is 19.5. The van der Waals surface area contributed by atoms with Crippen molar-refractivity contribution in [3.05, 3.63) is 48.2 Å². The number of aromatic nitrogens is 1. The van der Waals surface area contributed by atoms with Gasteiger partial charge >= 0.3 is 5.76 Å². The highest BCUT2D eigenvalue weighted by atomic mass is 32.2. The molecule has 1 N–H and O–H groups in total. The number of sulfone groups is 1. The third kappa shape index (κ3) is 4.74. The molecule has 0 saturated carbocycles. The maximum atomic E-state index is 12.9. The number of benzene rings is 1. The third-order valence-corrected chi connectivity index (χ3v) is 6.09. The van der Waals surface area contributed by atoms with Gasteiger partial charge in [-0.25, -0.2) is 13.4 Å². The first-order valence-corrected chi connectivity index (χ1v) is 10.6. The van der Waals surface area contributed by atoms with Crippen molar-refractivity contribution in [1.29, 1.82) is 0 Å². The molecule has 5 nitrogen and oxygen atoms in total. The van der Waals surface area contributed by atoms with Gasteiger partial charge in [0.1, 0.15) is 5.82 Å². The van der Waals surface area contributed by atoms with E-state index in [9.17, 15) is 17.2 Å². The van der Waals surface area contributed by atoms with Gasteiger partial charge in [-0.3, -0.25) is 0 Å². The summed E-state index contributed by atoms with van der Waals surface area (Å²) in [6.45, 7) is 2.30. The summed E-state index contributed by atoms with van der Waals surface area (Å²) < 4.78 is 49.3. The van der Waals surface area contributed by atoms with E-state index in [0.717, 1.165) is 24.5 Å².